The molecule has 0 saturated carbocycles. The number of H-pyrrole nitrogens is 1. The number of rotatable bonds is 5. The summed E-state index contributed by atoms with van der Waals surface area (Å²) >= 11 is 0. The Labute approximate surface area is 138 Å². The van der Waals surface area contributed by atoms with Gasteiger partial charge in [-0.2, -0.15) is 5.10 Å². The molecule has 0 aromatic carbocycles. The summed E-state index contributed by atoms with van der Waals surface area (Å²) in [5.74, 6) is 0.0363. The maximum atomic E-state index is 12.6. The highest BCUT2D eigenvalue weighted by atomic mass is 16.5. The second kappa shape index (κ2) is 6.79. The van der Waals surface area contributed by atoms with Crippen molar-refractivity contribution in [2.45, 2.75) is 25.4 Å². The van der Waals surface area contributed by atoms with Crippen LogP contribution in [0.5, 0.6) is 0 Å². The number of aryl methyl sites for hydroxylation is 1. The average Bonchev–Trinajstić information content (AvgIpc) is 3.23. The first-order chi connectivity index (χ1) is 11.6. The van der Waals surface area contributed by atoms with Gasteiger partial charge in [-0.3, -0.25) is 19.6 Å². The minimum atomic E-state index is -0.648. The van der Waals surface area contributed by atoms with Crippen molar-refractivity contribution in [1.82, 2.24) is 30.3 Å². The molecule has 10 heteroatoms. The van der Waals surface area contributed by atoms with E-state index in [1.807, 2.05) is 6.07 Å². The SMILES string of the molecule is COCCc1cc2n(n1)CC[C@@H](NC(=O)c1nc[nH]n1)C(=O)N2C. The second-order valence-electron chi connectivity index (χ2n) is 5.49. The highest BCUT2D eigenvalue weighted by Crippen LogP contribution is 2.21. The van der Waals surface area contributed by atoms with Crippen LogP contribution in [0.1, 0.15) is 22.7 Å². The Morgan fingerprint density at radius 2 is 2.38 bits per heavy atom. The van der Waals surface area contributed by atoms with Crippen molar-refractivity contribution in [3.63, 3.8) is 0 Å². The van der Waals surface area contributed by atoms with Gasteiger partial charge in [-0.1, -0.05) is 0 Å². The molecule has 0 aliphatic carbocycles. The normalized spacial score (nSPS) is 17.5. The topological polar surface area (TPSA) is 118 Å². The minimum absolute atomic E-state index is 0.00860. The third-order valence-corrected chi connectivity index (χ3v) is 3.90. The summed E-state index contributed by atoms with van der Waals surface area (Å²) in [6.07, 6.45) is 2.44. The summed E-state index contributed by atoms with van der Waals surface area (Å²) in [5.41, 5.74) is 0.870. The van der Waals surface area contributed by atoms with Crippen LogP contribution >= 0.6 is 0 Å². The molecule has 2 amide bonds. The number of nitrogens with zero attached hydrogens (tertiary/aromatic N) is 5. The average molecular weight is 333 g/mol. The second-order valence-corrected chi connectivity index (χ2v) is 5.49. The molecule has 0 spiro atoms. The standard InChI is InChI=1S/C14H19N7O3/c1-20-11-7-9(4-6-24-2)19-21(11)5-3-10(14(20)23)17-13(22)12-15-8-16-18-12/h7-8,10H,3-6H2,1-2H3,(H,17,22)(H,15,16,18)/t10-/m1/s1. The Morgan fingerprint density at radius 1 is 1.54 bits per heavy atom. The van der Waals surface area contributed by atoms with Crippen molar-refractivity contribution >= 4 is 17.6 Å². The van der Waals surface area contributed by atoms with Gasteiger partial charge in [0, 0.05) is 33.2 Å². The van der Waals surface area contributed by atoms with Gasteiger partial charge in [0.1, 0.15) is 18.2 Å². The van der Waals surface area contributed by atoms with Crippen LogP contribution in [0.4, 0.5) is 5.82 Å². The van der Waals surface area contributed by atoms with Gasteiger partial charge in [-0.25, -0.2) is 9.67 Å². The number of aromatic amines is 1. The van der Waals surface area contributed by atoms with E-state index < -0.39 is 11.9 Å². The molecule has 0 bridgehead atoms. The number of ether oxygens (including phenoxy) is 1. The number of carbonyl (C=O) groups excluding carboxylic acids is 2. The summed E-state index contributed by atoms with van der Waals surface area (Å²) in [6, 6.07) is 1.22. The molecule has 2 aromatic heterocycles. The molecular weight excluding hydrogens is 314 g/mol. The van der Waals surface area contributed by atoms with Crippen molar-refractivity contribution in [1.29, 1.82) is 0 Å². The molecule has 128 valence electrons. The van der Waals surface area contributed by atoms with Crippen LogP contribution in [0.3, 0.4) is 0 Å². The fraction of sp³-hybridized carbons (Fsp3) is 0.500. The Hall–Kier alpha value is -2.75. The van der Waals surface area contributed by atoms with Crippen LogP contribution in [0, 0.1) is 0 Å². The minimum Gasteiger partial charge on any atom is -0.384 e. The molecule has 0 fully saturated rings. The lowest BCUT2D eigenvalue weighted by Crippen LogP contribution is -2.47. The van der Waals surface area contributed by atoms with Gasteiger partial charge in [0.15, 0.2) is 0 Å². The van der Waals surface area contributed by atoms with Gasteiger partial charge in [-0.15, -0.1) is 5.10 Å². The highest BCUT2D eigenvalue weighted by Gasteiger charge is 2.31. The molecule has 2 N–H and O–H groups in total. The molecule has 1 aliphatic rings. The largest absolute Gasteiger partial charge is 0.384 e. The summed E-state index contributed by atoms with van der Waals surface area (Å²) < 4.78 is 6.83. The van der Waals surface area contributed by atoms with Gasteiger partial charge < -0.3 is 10.1 Å². The Bertz CT molecular complexity index is 725. The van der Waals surface area contributed by atoms with Crippen molar-refractivity contribution in [2.24, 2.45) is 0 Å². The number of hydrogen-bond acceptors (Lipinski definition) is 6. The van der Waals surface area contributed by atoms with Crippen molar-refractivity contribution in [3.05, 3.63) is 23.9 Å². The fourth-order valence-electron chi connectivity index (χ4n) is 2.62. The molecule has 10 nitrogen and oxygen atoms in total. The lowest BCUT2D eigenvalue weighted by molar-refractivity contribution is -0.120. The van der Waals surface area contributed by atoms with E-state index in [0.29, 0.717) is 31.8 Å². The van der Waals surface area contributed by atoms with Gasteiger partial charge in [0.25, 0.3) is 11.8 Å². The lowest BCUT2D eigenvalue weighted by Gasteiger charge is -2.19. The predicted octanol–water partition coefficient (Wildman–Crippen LogP) is -0.645. The zero-order chi connectivity index (χ0) is 17.1. The molecule has 2 aromatic rings. The molecule has 3 heterocycles. The number of likely N-dealkylation sites (N-methyl/N-ethyl adjacent to an activating group) is 1. The van der Waals surface area contributed by atoms with E-state index in [4.69, 9.17) is 4.74 Å². The fourth-order valence-corrected chi connectivity index (χ4v) is 2.62. The van der Waals surface area contributed by atoms with E-state index in [1.54, 1.807) is 18.8 Å². The number of nitrogens with one attached hydrogen (secondary N) is 2. The van der Waals surface area contributed by atoms with Crippen LogP contribution in [0.2, 0.25) is 0 Å². The molecule has 24 heavy (non-hydrogen) atoms. The Kier molecular flexibility index (Phi) is 4.56. The zero-order valence-electron chi connectivity index (χ0n) is 13.5. The van der Waals surface area contributed by atoms with E-state index in [0.717, 1.165) is 5.69 Å². The van der Waals surface area contributed by atoms with Crippen LogP contribution in [0.15, 0.2) is 12.4 Å². The summed E-state index contributed by atoms with van der Waals surface area (Å²) in [4.78, 5) is 30.0. The summed E-state index contributed by atoms with van der Waals surface area (Å²) in [7, 11) is 3.31. The van der Waals surface area contributed by atoms with E-state index in [1.165, 1.54) is 11.2 Å². The zero-order valence-corrected chi connectivity index (χ0v) is 13.5. The molecule has 0 unspecified atom stereocenters. The first-order valence-corrected chi connectivity index (χ1v) is 7.60. The van der Waals surface area contributed by atoms with Gasteiger partial charge in [-0.05, 0) is 6.42 Å². The number of amides is 2. The number of hydrogen-bond donors (Lipinski definition) is 2. The first-order valence-electron chi connectivity index (χ1n) is 7.60. The predicted molar refractivity (Wildman–Crippen MR) is 83.5 cm³/mol. The molecule has 3 rings (SSSR count). The lowest BCUT2D eigenvalue weighted by atomic mass is 10.2. The Morgan fingerprint density at radius 3 is 3.08 bits per heavy atom. The third kappa shape index (κ3) is 3.13. The van der Waals surface area contributed by atoms with Gasteiger partial charge in [0.05, 0.1) is 12.3 Å². The van der Waals surface area contributed by atoms with Crippen molar-refractivity contribution in [2.75, 3.05) is 25.7 Å². The van der Waals surface area contributed by atoms with Gasteiger partial charge in [0.2, 0.25) is 5.82 Å². The van der Waals surface area contributed by atoms with Crippen LogP contribution in [-0.4, -0.2) is 63.6 Å². The molecule has 0 radical (unpaired) electrons. The van der Waals surface area contributed by atoms with Gasteiger partial charge >= 0.3 is 0 Å². The first kappa shape index (κ1) is 16.1. The number of anilines is 1. The van der Waals surface area contributed by atoms with Crippen LogP contribution < -0.4 is 10.2 Å². The Balaban J connectivity index is 1.73. The molecular formula is C14H19N7O3. The van der Waals surface area contributed by atoms with E-state index in [2.05, 4.69) is 25.6 Å². The number of aromatic nitrogens is 5. The van der Waals surface area contributed by atoms with Crippen LogP contribution in [0.25, 0.3) is 0 Å². The number of carbonyl (C=O) groups is 2. The maximum absolute atomic E-state index is 12.6. The van der Waals surface area contributed by atoms with E-state index >= 15 is 0 Å². The molecule has 1 aliphatic heterocycles. The van der Waals surface area contributed by atoms with E-state index in [-0.39, 0.29) is 11.7 Å². The maximum Gasteiger partial charge on any atom is 0.291 e. The van der Waals surface area contributed by atoms with Crippen molar-refractivity contribution < 1.29 is 14.3 Å². The summed E-state index contributed by atoms with van der Waals surface area (Å²) in [6.45, 7) is 1.10. The third-order valence-electron chi connectivity index (χ3n) is 3.90. The number of methoxy groups -OCH3 is 1. The molecule has 0 saturated heterocycles. The quantitative estimate of drug-likeness (QED) is 0.751. The van der Waals surface area contributed by atoms with Crippen LogP contribution in [-0.2, 0) is 22.5 Å². The number of fused-ring (bicyclic) bond motifs is 1. The summed E-state index contributed by atoms with van der Waals surface area (Å²) in [5, 5.41) is 13.4. The highest BCUT2D eigenvalue weighted by molar-refractivity contribution is 6.00. The van der Waals surface area contributed by atoms with E-state index in [9.17, 15) is 9.59 Å². The monoisotopic (exact) mass is 333 g/mol. The molecule has 1 atom stereocenters. The van der Waals surface area contributed by atoms with Crippen molar-refractivity contribution in [3.8, 4) is 0 Å². The smallest absolute Gasteiger partial charge is 0.291 e.